The van der Waals surface area contributed by atoms with Crippen molar-refractivity contribution in [1.29, 1.82) is 0 Å². The van der Waals surface area contributed by atoms with Crippen molar-refractivity contribution in [3.05, 3.63) is 29.3 Å². The maximum atomic E-state index is 11.7. The summed E-state index contributed by atoms with van der Waals surface area (Å²) in [6, 6.07) is 5.20. The maximum absolute atomic E-state index is 11.7. The van der Waals surface area contributed by atoms with Crippen LogP contribution in [0.4, 0.5) is 13.2 Å². The summed E-state index contributed by atoms with van der Waals surface area (Å²) in [6.07, 6.45) is -3.84. The van der Waals surface area contributed by atoms with Gasteiger partial charge in [-0.15, -0.1) is 13.2 Å². The van der Waals surface area contributed by atoms with Crippen LogP contribution < -0.4 is 4.74 Å². The van der Waals surface area contributed by atoms with E-state index in [1.807, 2.05) is 0 Å². The average Bonchev–Trinajstić information content (AvgIpc) is 2.67. The fraction of sp³-hybridized carbons (Fsp3) is 0.500. The van der Waals surface area contributed by atoms with Crippen molar-refractivity contribution in [2.75, 3.05) is 13.2 Å². The number of rotatable bonds is 4. The molecule has 0 amide bonds. The van der Waals surface area contributed by atoms with E-state index in [1.165, 1.54) is 0 Å². The van der Waals surface area contributed by atoms with Gasteiger partial charge in [0.15, 0.2) is 0 Å². The summed E-state index contributed by atoms with van der Waals surface area (Å²) in [5.74, 6) is 0.523. The molecule has 0 aliphatic heterocycles. The van der Waals surface area contributed by atoms with E-state index in [2.05, 4.69) is 4.74 Å². The van der Waals surface area contributed by atoms with Crippen LogP contribution in [0.5, 0.6) is 5.75 Å². The molecule has 2 rings (SSSR count). The molecular formula is C12H13F3O3. The van der Waals surface area contributed by atoms with Crippen LogP contribution in [-0.2, 0) is 11.2 Å². The number of alkyl halides is 3. The van der Waals surface area contributed by atoms with Gasteiger partial charge in [-0.2, -0.15) is 0 Å². The first-order valence-electron chi connectivity index (χ1n) is 5.61. The van der Waals surface area contributed by atoms with Crippen molar-refractivity contribution in [3.8, 4) is 5.75 Å². The lowest BCUT2D eigenvalue weighted by Crippen LogP contribution is -2.18. The number of halogens is 3. The number of hydrogen-bond acceptors (Lipinski definition) is 3. The quantitative estimate of drug-likeness (QED) is 0.848. The van der Waals surface area contributed by atoms with Gasteiger partial charge in [-0.25, -0.2) is 0 Å². The normalized spacial score (nSPS) is 18.8. The molecule has 0 bridgehead atoms. The second-order valence-corrected chi connectivity index (χ2v) is 4.02. The maximum Gasteiger partial charge on any atom is 0.522 e. The number of aliphatic hydroxyl groups excluding tert-OH is 1. The van der Waals surface area contributed by atoms with Crippen molar-refractivity contribution in [2.24, 2.45) is 0 Å². The topological polar surface area (TPSA) is 38.7 Å². The Labute approximate surface area is 102 Å². The van der Waals surface area contributed by atoms with Crippen LogP contribution in [0.3, 0.4) is 0 Å². The molecule has 0 saturated heterocycles. The highest BCUT2D eigenvalue weighted by Crippen LogP contribution is 2.36. The summed E-state index contributed by atoms with van der Waals surface area (Å²) < 4.78 is 44.1. The first-order valence-corrected chi connectivity index (χ1v) is 5.61. The Morgan fingerprint density at radius 2 is 2.06 bits per heavy atom. The molecule has 1 atom stereocenters. The summed E-state index contributed by atoms with van der Waals surface area (Å²) >= 11 is 0. The molecule has 3 nitrogen and oxygen atoms in total. The van der Waals surface area contributed by atoms with Gasteiger partial charge >= 0.3 is 6.36 Å². The average molecular weight is 262 g/mol. The highest BCUT2D eigenvalue weighted by Gasteiger charge is 2.29. The fourth-order valence-corrected chi connectivity index (χ4v) is 2.04. The molecule has 6 heteroatoms. The standard InChI is InChI=1S/C12H13F3O3/c13-12(14,15)18-7-6-17-11-3-1-2-8-9(11)4-5-10(8)16/h1-3,10,16H,4-7H2. The van der Waals surface area contributed by atoms with Crippen molar-refractivity contribution in [2.45, 2.75) is 25.3 Å². The number of fused-ring (bicyclic) bond motifs is 1. The van der Waals surface area contributed by atoms with E-state index in [0.29, 0.717) is 18.6 Å². The van der Waals surface area contributed by atoms with Gasteiger partial charge in [-0.1, -0.05) is 12.1 Å². The number of ether oxygens (including phenoxy) is 2. The van der Waals surface area contributed by atoms with Gasteiger partial charge in [0.1, 0.15) is 12.4 Å². The van der Waals surface area contributed by atoms with Crippen LogP contribution in [0.15, 0.2) is 18.2 Å². The Balaban J connectivity index is 1.91. The van der Waals surface area contributed by atoms with E-state index in [9.17, 15) is 18.3 Å². The van der Waals surface area contributed by atoms with Crippen molar-refractivity contribution in [3.63, 3.8) is 0 Å². The second kappa shape index (κ2) is 5.16. The van der Waals surface area contributed by atoms with Gasteiger partial charge in [0.25, 0.3) is 0 Å². The Bertz CT molecular complexity index is 418. The van der Waals surface area contributed by atoms with Crippen LogP contribution in [0.1, 0.15) is 23.7 Å². The Kier molecular flexibility index (Phi) is 3.77. The van der Waals surface area contributed by atoms with Crippen molar-refractivity contribution < 1.29 is 27.8 Å². The van der Waals surface area contributed by atoms with Crippen LogP contribution in [0.2, 0.25) is 0 Å². The Morgan fingerprint density at radius 1 is 1.28 bits per heavy atom. The minimum absolute atomic E-state index is 0.175. The fourth-order valence-electron chi connectivity index (χ4n) is 2.04. The highest BCUT2D eigenvalue weighted by molar-refractivity contribution is 5.44. The highest BCUT2D eigenvalue weighted by atomic mass is 19.4. The zero-order valence-corrected chi connectivity index (χ0v) is 9.54. The van der Waals surface area contributed by atoms with E-state index in [1.54, 1.807) is 18.2 Å². The molecule has 1 N–H and O–H groups in total. The van der Waals surface area contributed by atoms with Crippen LogP contribution in [-0.4, -0.2) is 24.7 Å². The molecule has 0 radical (unpaired) electrons. The Hall–Kier alpha value is -1.27. The molecule has 0 fully saturated rings. The lowest BCUT2D eigenvalue weighted by atomic mass is 10.1. The molecule has 0 spiro atoms. The van der Waals surface area contributed by atoms with Crippen LogP contribution in [0, 0.1) is 0 Å². The minimum atomic E-state index is -4.63. The van der Waals surface area contributed by atoms with Gasteiger partial charge in [0, 0.05) is 5.56 Å². The lowest BCUT2D eigenvalue weighted by molar-refractivity contribution is -0.325. The molecule has 1 aromatic carbocycles. The van der Waals surface area contributed by atoms with E-state index in [0.717, 1.165) is 11.1 Å². The molecule has 1 aliphatic rings. The Morgan fingerprint density at radius 3 is 2.78 bits per heavy atom. The van der Waals surface area contributed by atoms with Gasteiger partial charge < -0.3 is 9.84 Å². The van der Waals surface area contributed by atoms with Gasteiger partial charge in [-0.3, -0.25) is 4.74 Å². The summed E-state index contributed by atoms with van der Waals surface area (Å²) in [5, 5.41) is 9.66. The zero-order valence-electron chi connectivity index (χ0n) is 9.54. The summed E-state index contributed by atoms with van der Waals surface area (Å²) in [6.45, 7) is -0.720. The summed E-state index contributed by atoms with van der Waals surface area (Å²) in [4.78, 5) is 0. The van der Waals surface area contributed by atoms with E-state index < -0.39 is 19.1 Å². The molecule has 1 aromatic rings. The third-order valence-electron chi connectivity index (χ3n) is 2.80. The molecule has 18 heavy (non-hydrogen) atoms. The SMILES string of the molecule is OC1CCc2c(OCCOC(F)(F)F)cccc21. The first kappa shape index (κ1) is 13.2. The van der Waals surface area contributed by atoms with Gasteiger partial charge in [-0.05, 0) is 24.5 Å². The minimum Gasteiger partial charge on any atom is -0.491 e. The van der Waals surface area contributed by atoms with Gasteiger partial charge in [0.05, 0.1) is 12.7 Å². The third kappa shape index (κ3) is 3.14. The molecule has 0 saturated carbocycles. The van der Waals surface area contributed by atoms with E-state index in [4.69, 9.17) is 4.74 Å². The zero-order chi connectivity index (χ0) is 13.2. The summed E-state index contributed by atoms with van der Waals surface area (Å²) in [7, 11) is 0. The monoisotopic (exact) mass is 262 g/mol. The lowest BCUT2D eigenvalue weighted by Gasteiger charge is -2.12. The molecule has 0 heterocycles. The third-order valence-corrected chi connectivity index (χ3v) is 2.80. The van der Waals surface area contributed by atoms with Gasteiger partial charge in [0.2, 0.25) is 0 Å². The molecule has 1 aliphatic carbocycles. The largest absolute Gasteiger partial charge is 0.522 e. The number of hydrogen-bond donors (Lipinski definition) is 1. The van der Waals surface area contributed by atoms with Crippen molar-refractivity contribution in [1.82, 2.24) is 0 Å². The molecule has 0 aromatic heterocycles. The predicted octanol–water partition coefficient (Wildman–Crippen LogP) is 2.58. The second-order valence-electron chi connectivity index (χ2n) is 4.02. The van der Waals surface area contributed by atoms with E-state index >= 15 is 0 Å². The van der Waals surface area contributed by atoms with Crippen LogP contribution >= 0.6 is 0 Å². The number of benzene rings is 1. The molecular weight excluding hydrogens is 249 g/mol. The first-order chi connectivity index (χ1) is 8.47. The smallest absolute Gasteiger partial charge is 0.491 e. The predicted molar refractivity (Wildman–Crippen MR) is 57.2 cm³/mol. The molecule has 100 valence electrons. The van der Waals surface area contributed by atoms with Crippen LogP contribution in [0.25, 0.3) is 0 Å². The number of aliphatic hydroxyl groups is 1. The van der Waals surface area contributed by atoms with E-state index in [-0.39, 0.29) is 6.61 Å². The summed E-state index contributed by atoms with van der Waals surface area (Å²) in [5.41, 5.74) is 1.67. The van der Waals surface area contributed by atoms with Crippen molar-refractivity contribution >= 4 is 0 Å². The molecule has 1 unspecified atom stereocenters.